The fourth-order valence-electron chi connectivity index (χ4n) is 2.38. The van der Waals surface area contributed by atoms with E-state index in [-0.39, 0.29) is 5.92 Å². The van der Waals surface area contributed by atoms with Crippen LogP contribution in [0.25, 0.3) is 0 Å². The lowest BCUT2D eigenvalue weighted by Crippen LogP contribution is -2.37. The van der Waals surface area contributed by atoms with Crippen molar-refractivity contribution in [3.05, 3.63) is 34.9 Å². The molecule has 2 rings (SSSR count). The Morgan fingerprint density at radius 1 is 1.39 bits per heavy atom. The number of hydrogen-bond acceptors (Lipinski definition) is 2. The predicted octanol–water partition coefficient (Wildman–Crippen LogP) is 2.68. The summed E-state index contributed by atoms with van der Waals surface area (Å²) in [7, 11) is 0. The molecule has 3 nitrogen and oxygen atoms in total. The zero-order valence-electron chi connectivity index (χ0n) is 10.3. The molecular formula is C14H18ClNO2. The largest absolute Gasteiger partial charge is 0.481 e. The molecule has 0 bridgehead atoms. The van der Waals surface area contributed by atoms with Crippen LogP contribution in [0.5, 0.6) is 0 Å². The molecule has 1 aromatic carbocycles. The van der Waals surface area contributed by atoms with Gasteiger partial charge in [-0.3, -0.25) is 4.79 Å². The van der Waals surface area contributed by atoms with Crippen molar-refractivity contribution in [1.29, 1.82) is 0 Å². The molecule has 0 saturated carbocycles. The summed E-state index contributed by atoms with van der Waals surface area (Å²) in [5, 5.41) is 9.70. The van der Waals surface area contributed by atoms with Gasteiger partial charge in [0.05, 0.1) is 5.92 Å². The highest BCUT2D eigenvalue weighted by Crippen LogP contribution is 2.18. The maximum atomic E-state index is 10.8. The first-order valence-corrected chi connectivity index (χ1v) is 6.72. The van der Waals surface area contributed by atoms with Crippen molar-refractivity contribution in [1.82, 2.24) is 4.90 Å². The van der Waals surface area contributed by atoms with E-state index in [2.05, 4.69) is 11.0 Å². The molecule has 1 saturated heterocycles. The van der Waals surface area contributed by atoms with E-state index in [0.29, 0.717) is 0 Å². The number of nitrogens with zero attached hydrogens (tertiary/aromatic N) is 1. The van der Waals surface area contributed by atoms with Gasteiger partial charge >= 0.3 is 5.97 Å². The first-order chi connectivity index (χ1) is 8.65. The van der Waals surface area contributed by atoms with Gasteiger partial charge in [0.25, 0.3) is 0 Å². The highest BCUT2D eigenvalue weighted by molar-refractivity contribution is 6.30. The molecule has 0 spiro atoms. The number of rotatable bonds is 4. The monoisotopic (exact) mass is 267 g/mol. The van der Waals surface area contributed by atoms with E-state index < -0.39 is 5.97 Å². The highest BCUT2D eigenvalue weighted by atomic mass is 35.5. The fraction of sp³-hybridized carbons (Fsp3) is 0.500. The van der Waals surface area contributed by atoms with Gasteiger partial charge in [0.2, 0.25) is 0 Å². The van der Waals surface area contributed by atoms with Crippen LogP contribution in [-0.2, 0) is 11.2 Å². The summed E-state index contributed by atoms with van der Waals surface area (Å²) in [4.78, 5) is 13.2. The smallest absolute Gasteiger partial charge is 0.306 e. The second-order valence-corrected chi connectivity index (χ2v) is 5.27. The third-order valence-electron chi connectivity index (χ3n) is 3.54. The Kier molecular flexibility index (Phi) is 4.61. The van der Waals surface area contributed by atoms with Crippen LogP contribution in [0.4, 0.5) is 0 Å². The second-order valence-electron chi connectivity index (χ2n) is 4.83. The maximum Gasteiger partial charge on any atom is 0.306 e. The number of piperidine rings is 1. The Labute approximate surface area is 112 Å². The third-order valence-corrected chi connectivity index (χ3v) is 3.78. The topological polar surface area (TPSA) is 40.5 Å². The number of aliphatic carboxylic acids is 1. The molecule has 0 amide bonds. The molecule has 1 N–H and O–H groups in total. The van der Waals surface area contributed by atoms with Gasteiger partial charge in [0, 0.05) is 11.6 Å². The minimum atomic E-state index is -0.649. The Morgan fingerprint density at radius 3 is 2.72 bits per heavy atom. The minimum absolute atomic E-state index is 0.146. The van der Waals surface area contributed by atoms with Crippen molar-refractivity contribution >= 4 is 17.6 Å². The van der Waals surface area contributed by atoms with Crippen LogP contribution in [0.1, 0.15) is 18.4 Å². The molecule has 0 unspecified atom stereocenters. The van der Waals surface area contributed by atoms with Crippen LogP contribution in [0.15, 0.2) is 24.3 Å². The van der Waals surface area contributed by atoms with Crippen molar-refractivity contribution in [2.75, 3.05) is 19.6 Å². The quantitative estimate of drug-likeness (QED) is 0.912. The van der Waals surface area contributed by atoms with E-state index >= 15 is 0 Å². The number of likely N-dealkylation sites (tertiary alicyclic amines) is 1. The molecule has 1 heterocycles. The number of carboxylic acids is 1. The molecule has 98 valence electrons. The van der Waals surface area contributed by atoms with Crippen LogP contribution in [0.3, 0.4) is 0 Å². The molecule has 0 atom stereocenters. The summed E-state index contributed by atoms with van der Waals surface area (Å²) >= 11 is 5.94. The average Bonchev–Trinajstić information content (AvgIpc) is 2.37. The number of benzene rings is 1. The van der Waals surface area contributed by atoms with Gasteiger partial charge in [-0.25, -0.2) is 0 Å². The van der Waals surface area contributed by atoms with E-state index in [4.69, 9.17) is 16.7 Å². The maximum absolute atomic E-state index is 10.8. The lowest BCUT2D eigenvalue weighted by molar-refractivity contribution is -0.143. The molecule has 18 heavy (non-hydrogen) atoms. The third kappa shape index (κ3) is 3.72. The second kappa shape index (κ2) is 6.21. The van der Waals surface area contributed by atoms with Crippen LogP contribution in [0, 0.1) is 5.92 Å². The van der Waals surface area contributed by atoms with Gasteiger partial charge in [0.15, 0.2) is 0 Å². The minimum Gasteiger partial charge on any atom is -0.481 e. The first-order valence-electron chi connectivity index (χ1n) is 6.35. The van der Waals surface area contributed by atoms with E-state index in [9.17, 15) is 4.79 Å². The standard InChI is InChI=1S/C14H18ClNO2/c15-13-3-1-2-11(10-13)4-7-16-8-5-12(6-9-16)14(17)18/h1-3,10,12H,4-9H2,(H,17,18). The van der Waals surface area contributed by atoms with Crippen molar-refractivity contribution in [2.45, 2.75) is 19.3 Å². The van der Waals surface area contributed by atoms with Gasteiger partial charge in [-0.1, -0.05) is 23.7 Å². The van der Waals surface area contributed by atoms with Gasteiger partial charge in [-0.15, -0.1) is 0 Å². The number of hydrogen-bond donors (Lipinski definition) is 1. The van der Waals surface area contributed by atoms with Crippen LogP contribution >= 0.6 is 11.6 Å². The number of carboxylic acid groups (broad SMARTS) is 1. The first kappa shape index (κ1) is 13.4. The van der Waals surface area contributed by atoms with Gasteiger partial charge in [-0.2, -0.15) is 0 Å². The number of carbonyl (C=O) groups is 1. The van der Waals surface area contributed by atoms with E-state index in [1.807, 2.05) is 18.2 Å². The Bertz CT molecular complexity index is 414. The molecule has 1 fully saturated rings. The lowest BCUT2D eigenvalue weighted by Gasteiger charge is -2.29. The van der Waals surface area contributed by atoms with Gasteiger partial charge < -0.3 is 10.0 Å². The number of halogens is 1. The molecule has 1 aromatic rings. The molecule has 0 radical (unpaired) electrons. The lowest BCUT2D eigenvalue weighted by atomic mass is 9.97. The Hall–Kier alpha value is -1.06. The summed E-state index contributed by atoms with van der Waals surface area (Å²) in [5.74, 6) is -0.795. The van der Waals surface area contributed by atoms with E-state index in [0.717, 1.165) is 43.9 Å². The zero-order valence-corrected chi connectivity index (χ0v) is 11.1. The van der Waals surface area contributed by atoms with E-state index in [1.54, 1.807) is 0 Å². The molecule has 0 aliphatic carbocycles. The normalized spacial score (nSPS) is 17.8. The van der Waals surface area contributed by atoms with Crippen LogP contribution < -0.4 is 0 Å². The van der Waals surface area contributed by atoms with E-state index in [1.165, 1.54) is 5.56 Å². The highest BCUT2D eigenvalue weighted by Gasteiger charge is 2.23. The predicted molar refractivity (Wildman–Crippen MR) is 72.0 cm³/mol. The summed E-state index contributed by atoms with van der Waals surface area (Å²) in [6, 6.07) is 7.92. The van der Waals surface area contributed by atoms with Crippen molar-refractivity contribution in [2.24, 2.45) is 5.92 Å². The molecule has 0 aromatic heterocycles. The van der Waals surface area contributed by atoms with Crippen LogP contribution in [-0.4, -0.2) is 35.6 Å². The van der Waals surface area contributed by atoms with Crippen LogP contribution in [0.2, 0.25) is 5.02 Å². The summed E-state index contributed by atoms with van der Waals surface area (Å²) in [6.07, 6.45) is 2.51. The van der Waals surface area contributed by atoms with Gasteiger partial charge in [0.1, 0.15) is 0 Å². The van der Waals surface area contributed by atoms with Crippen molar-refractivity contribution in [3.8, 4) is 0 Å². The van der Waals surface area contributed by atoms with Crippen molar-refractivity contribution < 1.29 is 9.90 Å². The molecule has 1 aliphatic heterocycles. The molecular weight excluding hydrogens is 250 g/mol. The fourth-order valence-corrected chi connectivity index (χ4v) is 2.60. The molecule has 4 heteroatoms. The van der Waals surface area contributed by atoms with Crippen molar-refractivity contribution in [3.63, 3.8) is 0 Å². The Morgan fingerprint density at radius 2 is 2.11 bits per heavy atom. The summed E-state index contributed by atoms with van der Waals surface area (Å²) in [5.41, 5.74) is 1.24. The zero-order chi connectivity index (χ0) is 13.0. The van der Waals surface area contributed by atoms with Gasteiger partial charge in [-0.05, 0) is 50.0 Å². The summed E-state index contributed by atoms with van der Waals surface area (Å²) in [6.45, 7) is 2.75. The Balaban J connectivity index is 1.77. The summed E-state index contributed by atoms with van der Waals surface area (Å²) < 4.78 is 0. The molecule has 1 aliphatic rings. The average molecular weight is 268 g/mol. The SMILES string of the molecule is O=C(O)C1CCN(CCc2cccc(Cl)c2)CC1.